The Hall–Kier alpha value is -5.10. The number of hydrogen-bond donors (Lipinski definition) is 7. The number of hydrogen-bond acceptors (Lipinski definition) is 12. The Kier molecular flexibility index (Phi) is 11.0. The molecule has 0 aromatic heterocycles. The molecule has 16 heteroatoms. The maximum Gasteiger partial charge on any atom is 0.296 e. The fourth-order valence-electron chi connectivity index (χ4n) is 5.27. The van der Waals surface area contributed by atoms with Crippen LogP contribution < -0.4 is 25.4 Å². The molecule has 14 nitrogen and oxygen atoms in total. The van der Waals surface area contributed by atoms with Gasteiger partial charge in [-0.2, -0.15) is 12.7 Å². The number of fused-ring (bicyclic) bond motifs is 1. The minimum atomic E-state index is -4.85. The second-order valence-electron chi connectivity index (χ2n) is 10.9. The number of aromatic hydroxyl groups is 1. The number of methoxy groups -OCH3 is 2. The average molecular weight is 725 g/mol. The first kappa shape index (κ1) is 36.2. The molecule has 0 aliphatic rings. The van der Waals surface area contributed by atoms with Gasteiger partial charge < -0.3 is 40.7 Å². The molecule has 0 aliphatic heterocycles. The fraction of sp³-hybridized carbons (Fsp3) is 0.176. The summed E-state index contributed by atoms with van der Waals surface area (Å²) in [6.45, 7) is -1.15. The van der Waals surface area contributed by atoms with E-state index in [1.807, 2.05) is 30.3 Å². The standard InChI is InChI=1S/C34H36N4O10S2/c1-47-30-21-29(31(48-2)20-28(30)36-24-8-11-26(12-9-24)49(42,43)38(14-16-39)15-17-40)37-33-32(50(44,45)46)19-22-18-25(10-13-27(22)34(33)41)35-23-6-4-3-5-7-23/h3-13,18-21,35-37,39-41H,14-17H2,1-2H3,(H,44,45,46). The molecule has 0 atom stereocenters. The van der Waals surface area contributed by atoms with Gasteiger partial charge in [0.2, 0.25) is 10.0 Å². The highest BCUT2D eigenvalue weighted by atomic mass is 32.2. The minimum Gasteiger partial charge on any atom is -0.505 e. The van der Waals surface area contributed by atoms with Crippen LogP contribution in [-0.4, -0.2) is 81.5 Å². The maximum atomic E-state index is 13.0. The van der Waals surface area contributed by atoms with Gasteiger partial charge in [0.1, 0.15) is 27.8 Å². The van der Waals surface area contributed by atoms with Crippen molar-refractivity contribution in [1.29, 1.82) is 0 Å². The van der Waals surface area contributed by atoms with Gasteiger partial charge in [0, 0.05) is 47.7 Å². The number of aliphatic hydroxyl groups excluding tert-OH is 2. The average Bonchev–Trinajstić information content (AvgIpc) is 3.09. The largest absolute Gasteiger partial charge is 0.505 e. The summed E-state index contributed by atoms with van der Waals surface area (Å²) in [6.07, 6.45) is 0. The van der Waals surface area contributed by atoms with Gasteiger partial charge in [-0.3, -0.25) is 4.55 Å². The number of benzene rings is 5. The van der Waals surface area contributed by atoms with Gasteiger partial charge in [0.15, 0.2) is 0 Å². The molecule has 0 radical (unpaired) electrons. The Morgan fingerprint density at radius 2 is 1.24 bits per heavy atom. The number of para-hydroxylation sites is 1. The van der Waals surface area contributed by atoms with Gasteiger partial charge in [0.05, 0.1) is 43.7 Å². The normalized spacial score (nSPS) is 11.8. The van der Waals surface area contributed by atoms with Crippen molar-refractivity contribution in [3.63, 3.8) is 0 Å². The first-order chi connectivity index (χ1) is 23.9. The van der Waals surface area contributed by atoms with Crippen LogP contribution in [0.25, 0.3) is 10.8 Å². The second kappa shape index (κ2) is 15.2. The number of rotatable bonds is 15. The molecule has 0 saturated carbocycles. The minimum absolute atomic E-state index is 0.0393. The van der Waals surface area contributed by atoms with Crippen molar-refractivity contribution in [3.05, 3.63) is 91.0 Å². The van der Waals surface area contributed by atoms with E-state index in [2.05, 4.69) is 16.0 Å². The third-order valence-corrected chi connectivity index (χ3v) is 10.5. The highest BCUT2D eigenvalue weighted by Crippen LogP contribution is 2.45. The van der Waals surface area contributed by atoms with E-state index in [0.29, 0.717) is 27.8 Å². The number of nitrogens with zero attached hydrogens (tertiary/aromatic N) is 1. The lowest BCUT2D eigenvalue weighted by Crippen LogP contribution is -2.35. The molecule has 0 bridgehead atoms. The smallest absolute Gasteiger partial charge is 0.296 e. The van der Waals surface area contributed by atoms with Crippen LogP contribution in [-0.2, 0) is 20.1 Å². The highest BCUT2D eigenvalue weighted by Gasteiger charge is 2.25. The van der Waals surface area contributed by atoms with Gasteiger partial charge >= 0.3 is 0 Å². The Bertz CT molecular complexity index is 2190. The molecule has 7 N–H and O–H groups in total. The molecule has 0 aliphatic carbocycles. The number of phenolic OH excluding ortho intramolecular Hbond substituents is 1. The van der Waals surface area contributed by atoms with Gasteiger partial charge in [-0.1, -0.05) is 18.2 Å². The van der Waals surface area contributed by atoms with Crippen LogP contribution in [0.15, 0.2) is 101 Å². The topological polar surface area (TPSA) is 207 Å². The van der Waals surface area contributed by atoms with Crippen molar-refractivity contribution >= 4 is 65.0 Å². The van der Waals surface area contributed by atoms with Crippen LogP contribution in [0.3, 0.4) is 0 Å². The molecule has 0 amide bonds. The maximum absolute atomic E-state index is 13.0. The zero-order valence-corrected chi connectivity index (χ0v) is 28.6. The Morgan fingerprint density at radius 1 is 0.680 bits per heavy atom. The summed E-state index contributed by atoms with van der Waals surface area (Å²) in [7, 11) is -6.03. The van der Waals surface area contributed by atoms with Crippen LogP contribution in [0.4, 0.5) is 34.1 Å². The Balaban J connectivity index is 1.47. The Labute approximate surface area is 289 Å². The predicted molar refractivity (Wildman–Crippen MR) is 191 cm³/mol. The number of nitrogens with one attached hydrogen (secondary N) is 3. The van der Waals surface area contributed by atoms with Crippen molar-refractivity contribution in [2.75, 3.05) is 56.5 Å². The lowest BCUT2D eigenvalue weighted by Gasteiger charge is -2.21. The summed E-state index contributed by atoms with van der Waals surface area (Å²) in [6, 6.07) is 24.4. The van der Waals surface area contributed by atoms with Crippen molar-refractivity contribution in [1.82, 2.24) is 4.31 Å². The van der Waals surface area contributed by atoms with E-state index < -0.39 is 44.0 Å². The lowest BCUT2D eigenvalue weighted by atomic mass is 10.1. The summed E-state index contributed by atoms with van der Waals surface area (Å²) >= 11 is 0. The molecular weight excluding hydrogens is 689 g/mol. The van der Waals surface area contributed by atoms with Crippen LogP contribution >= 0.6 is 0 Å². The summed E-state index contributed by atoms with van der Waals surface area (Å²) in [4.78, 5) is -0.614. The van der Waals surface area contributed by atoms with Crippen molar-refractivity contribution in [2.24, 2.45) is 0 Å². The van der Waals surface area contributed by atoms with Crippen molar-refractivity contribution in [2.45, 2.75) is 9.79 Å². The number of ether oxygens (including phenoxy) is 2. The molecule has 5 rings (SSSR count). The van der Waals surface area contributed by atoms with E-state index >= 15 is 0 Å². The molecular formula is C34H36N4O10S2. The van der Waals surface area contributed by atoms with E-state index in [1.54, 1.807) is 24.3 Å². The molecule has 50 heavy (non-hydrogen) atoms. The Morgan fingerprint density at radius 3 is 1.80 bits per heavy atom. The quantitative estimate of drug-likeness (QED) is 0.0560. The summed E-state index contributed by atoms with van der Waals surface area (Å²) in [5, 5.41) is 39.7. The van der Waals surface area contributed by atoms with Crippen LogP contribution in [0.1, 0.15) is 0 Å². The van der Waals surface area contributed by atoms with E-state index in [-0.39, 0.29) is 40.9 Å². The summed E-state index contributed by atoms with van der Waals surface area (Å²) < 4.78 is 73.5. The second-order valence-corrected chi connectivity index (χ2v) is 14.2. The van der Waals surface area contributed by atoms with Crippen molar-refractivity contribution < 1.29 is 46.2 Å². The van der Waals surface area contributed by atoms with Crippen LogP contribution in [0.2, 0.25) is 0 Å². The molecule has 0 unspecified atom stereocenters. The highest BCUT2D eigenvalue weighted by molar-refractivity contribution is 7.89. The number of phenols is 1. The van der Waals surface area contributed by atoms with E-state index in [4.69, 9.17) is 9.47 Å². The molecule has 264 valence electrons. The predicted octanol–water partition coefficient (Wildman–Crippen LogP) is 5.02. The molecule has 0 saturated heterocycles. The van der Waals surface area contributed by atoms with Gasteiger partial charge in [-0.15, -0.1) is 0 Å². The fourth-order valence-corrected chi connectivity index (χ4v) is 7.37. The molecule has 5 aromatic rings. The van der Waals surface area contributed by atoms with Gasteiger partial charge in [-0.05, 0) is 66.0 Å². The monoisotopic (exact) mass is 724 g/mol. The number of aliphatic hydroxyl groups is 2. The molecule has 0 heterocycles. The third kappa shape index (κ3) is 7.86. The SMILES string of the molecule is COc1cc(Nc2c(S(=O)(=O)O)cc3cc(Nc4ccccc4)ccc3c2O)c(OC)cc1Nc1ccc(S(=O)(=O)N(CCO)CCO)cc1. The van der Waals surface area contributed by atoms with Gasteiger partial charge in [-0.25, -0.2) is 8.42 Å². The molecule has 0 fully saturated rings. The first-order valence-corrected chi connectivity index (χ1v) is 18.0. The zero-order chi connectivity index (χ0) is 36.1. The zero-order valence-electron chi connectivity index (χ0n) is 27.0. The van der Waals surface area contributed by atoms with E-state index in [1.165, 1.54) is 50.6 Å². The van der Waals surface area contributed by atoms with Crippen LogP contribution in [0, 0.1) is 0 Å². The van der Waals surface area contributed by atoms with Gasteiger partial charge in [0.25, 0.3) is 10.1 Å². The van der Waals surface area contributed by atoms with Crippen LogP contribution in [0.5, 0.6) is 17.2 Å². The van der Waals surface area contributed by atoms with Crippen molar-refractivity contribution in [3.8, 4) is 17.2 Å². The number of sulfonamides is 1. The summed E-state index contributed by atoms with van der Waals surface area (Å²) in [5.41, 5.74) is 2.19. The molecule has 5 aromatic carbocycles. The summed E-state index contributed by atoms with van der Waals surface area (Å²) in [5.74, 6) is 0.0166. The molecule has 0 spiro atoms. The van der Waals surface area contributed by atoms with E-state index in [0.717, 1.165) is 9.99 Å². The third-order valence-electron chi connectivity index (χ3n) is 7.67. The van der Waals surface area contributed by atoms with E-state index in [9.17, 15) is 36.7 Å². The lowest BCUT2D eigenvalue weighted by molar-refractivity contribution is 0.217. The number of anilines is 6. The first-order valence-electron chi connectivity index (χ1n) is 15.1.